The molecule has 176 valence electrons. The topological polar surface area (TPSA) is 105 Å². The first-order chi connectivity index (χ1) is 14.2. The van der Waals surface area contributed by atoms with Gasteiger partial charge in [-0.05, 0) is 25.3 Å². The number of nitrogens with one attached hydrogen (secondary N) is 1. The molecule has 1 saturated heterocycles. The largest absolute Gasteiger partial charge is 0.466 e. The van der Waals surface area contributed by atoms with Gasteiger partial charge in [0.2, 0.25) is 11.4 Å². The number of thiophene rings is 1. The van der Waals surface area contributed by atoms with Crippen molar-refractivity contribution in [1.82, 2.24) is 5.32 Å². The molecule has 4 unspecified atom stereocenters. The Hall–Kier alpha value is -1.90. The van der Waals surface area contributed by atoms with Crippen LogP contribution in [-0.4, -0.2) is 59.2 Å². The number of halogens is 6. The summed E-state index contributed by atoms with van der Waals surface area (Å²) >= 11 is 0.630. The average Bonchev–Trinajstić information content (AvgIpc) is 3.13. The molecule has 0 saturated carbocycles. The third kappa shape index (κ3) is 4.25. The first-order valence-corrected chi connectivity index (χ1v) is 9.77. The minimum atomic E-state index is -5.89. The van der Waals surface area contributed by atoms with Crippen LogP contribution in [0.1, 0.15) is 24.6 Å². The SMILES string of the molecule is CCOC(=O)C1C(c2cccs2)C(C(=O)OCC)C(O)(C(F)(F)F)NC1(O)C(F)(F)F. The number of carbonyl (C=O) groups excluding carboxylic acids is 2. The van der Waals surface area contributed by atoms with Crippen LogP contribution in [0.3, 0.4) is 0 Å². The molecule has 0 aliphatic carbocycles. The highest BCUT2D eigenvalue weighted by atomic mass is 32.1. The van der Waals surface area contributed by atoms with E-state index >= 15 is 0 Å². The van der Waals surface area contributed by atoms with Gasteiger partial charge in [0.05, 0.1) is 13.2 Å². The number of carbonyl (C=O) groups is 2. The summed E-state index contributed by atoms with van der Waals surface area (Å²) in [7, 11) is 0. The maximum absolute atomic E-state index is 13.9. The fourth-order valence-electron chi connectivity index (χ4n) is 3.56. The van der Waals surface area contributed by atoms with Crippen molar-refractivity contribution < 1.29 is 55.6 Å². The Kier molecular flexibility index (Phi) is 7.00. The summed E-state index contributed by atoms with van der Waals surface area (Å²) in [4.78, 5) is 24.7. The second kappa shape index (κ2) is 8.56. The van der Waals surface area contributed by atoms with Crippen LogP contribution in [0.4, 0.5) is 26.3 Å². The number of aliphatic hydroxyl groups is 2. The van der Waals surface area contributed by atoms with E-state index in [-0.39, 0.29) is 4.88 Å². The van der Waals surface area contributed by atoms with E-state index in [2.05, 4.69) is 9.47 Å². The highest BCUT2D eigenvalue weighted by Crippen LogP contribution is 2.56. The predicted molar refractivity (Wildman–Crippen MR) is 92.5 cm³/mol. The number of ether oxygens (including phenoxy) is 2. The summed E-state index contributed by atoms with van der Waals surface area (Å²) in [5, 5.41) is 22.8. The first kappa shape index (κ1) is 25.4. The van der Waals surface area contributed by atoms with Crippen molar-refractivity contribution in [2.24, 2.45) is 11.8 Å². The molecule has 0 bridgehead atoms. The summed E-state index contributed by atoms with van der Waals surface area (Å²) < 4.78 is 92.5. The molecule has 7 nitrogen and oxygen atoms in total. The van der Waals surface area contributed by atoms with Crippen molar-refractivity contribution in [2.45, 2.75) is 43.6 Å². The molecule has 2 rings (SSSR count). The lowest BCUT2D eigenvalue weighted by molar-refractivity contribution is -0.376. The van der Waals surface area contributed by atoms with E-state index < -0.39 is 66.7 Å². The Balaban J connectivity index is 2.89. The number of rotatable bonds is 5. The Bertz CT molecular complexity index is 752. The molecule has 1 aromatic heterocycles. The second-order valence-corrected chi connectivity index (χ2v) is 7.63. The number of esters is 2. The lowest BCUT2D eigenvalue weighted by Crippen LogP contribution is -2.81. The average molecular weight is 479 g/mol. The van der Waals surface area contributed by atoms with Crippen LogP contribution in [-0.2, 0) is 19.1 Å². The van der Waals surface area contributed by atoms with Gasteiger partial charge in [-0.3, -0.25) is 9.59 Å². The molecule has 2 heterocycles. The molecule has 14 heteroatoms. The van der Waals surface area contributed by atoms with Gasteiger partial charge in [-0.15, -0.1) is 11.3 Å². The third-order valence-electron chi connectivity index (χ3n) is 4.82. The molecule has 1 aliphatic rings. The van der Waals surface area contributed by atoms with Crippen LogP contribution in [0.25, 0.3) is 0 Å². The molecular formula is C17H19F6NO6S. The number of hydrogen-bond acceptors (Lipinski definition) is 8. The first-order valence-electron chi connectivity index (χ1n) is 8.89. The quantitative estimate of drug-likeness (QED) is 0.440. The van der Waals surface area contributed by atoms with E-state index in [0.717, 1.165) is 11.4 Å². The molecule has 1 aromatic rings. The van der Waals surface area contributed by atoms with Crippen LogP contribution in [0, 0.1) is 11.8 Å². The smallest absolute Gasteiger partial charge is 0.432 e. The van der Waals surface area contributed by atoms with E-state index in [0.29, 0.717) is 11.3 Å². The fourth-order valence-corrected chi connectivity index (χ4v) is 4.46. The molecular weight excluding hydrogens is 460 g/mol. The lowest BCUT2D eigenvalue weighted by atomic mass is 9.66. The zero-order valence-electron chi connectivity index (χ0n) is 16.1. The van der Waals surface area contributed by atoms with Crippen molar-refractivity contribution in [1.29, 1.82) is 0 Å². The Labute approximate surface area is 175 Å². The van der Waals surface area contributed by atoms with E-state index in [4.69, 9.17) is 0 Å². The molecule has 4 atom stereocenters. The van der Waals surface area contributed by atoms with Gasteiger partial charge in [-0.2, -0.15) is 26.3 Å². The van der Waals surface area contributed by atoms with Crippen LogP contribution < -0.4 is 5.32 Å². The third-order valence-corrected chi connectivity index (χ3v) is 5.79. The lowest BCUT2D eigenvalue weighted by Gasteiger charge is -2.53. The van der Waals surface area contributed by atoms with Gasteiger partial charge in [-0.25, -0.2) is 5.32 Å². The summed E-state index contributed by atoms with van der Waals surface area (Å²) in [6.45, 7) is 1.54. The van der Waals surface area contributed by atoms with E-state index in [1.54, 1.807) is 0 Å². The van der Waals surface area contributed by atoms with Crippen molar-refractivity contribution in [3.8, 4) is 0 Å². The van der Waals surface area contributed by atoms with Gasteiger partial charge < -0.3 is 19.7 Å². The molecule has 3 N–H and O–H groups in total. The molecule has 0 amide bonds. The van der Waals surface area contributed by atoms with Crippen LogP contribution in [0.15, 0.2) is 17.5 Å². The van der Waals surface area contributed by atoms with Crippen molar-refractivity contribution in [3.05, 3.63) is 22.4 Å². The fraction of sp³-hybridized carbons (Fsp3) is 0.647. The number of piperidine rings is 1. The van der Waals surface area contributed by atoms with Gasteiger partial charge in [0.1, 0.15) is 11.8 Å². The maximum atomic E-state index is 13.9. The summed E-state index contributed by atoms with van der Waals surface area (Å²) in [6.07, 6.45) is -11.8. The molecule has 0 radical (unpaired) electrons. The van der Waals surface area contributed by atoms with Gasteiger partial charge >= 0.3 is 24.3 Å². The van der Waals surface area contributed by atoms with Crippen LogP contribution in [0.5, 0.6) is 0 Å². The van der Waals surface area contributed by atoms with Crippen LogP contribution in [0.2, 0.25) is 0 Å². The van der Waals surface area contributed by atoms with Crippen molar-refractivity contribution in [2.75, 3.05) is 13.2 Å². The zero-order chi connectivity index (χ0) is 23.8. The molecule has 1 aliphatic heterocycles. The monoisotopic (exact) mass is 479 g/mol. The van der Waals surface area contributed by atoms with E-state index in [1.807, 2.05) is 0 Å². The minimum absolute atomic E-state index is 0.303. The Morgan fingerprint density at radius 1 is 1.00 bits per heavy atom. The maximum Gasteiger partial charge on any atom is 0.432 e. The summed E-state index contributed by atoms with van der Waals surface area (Å²) in [5.41, 5.74) is -9.19. The van der Waals surface area contributed by atoms with Gasteiger partial charge in [0.15, 0.2) is 0 Å². The second-order valence-electron chi connectivity index (χ2n) is 6.65. The predicted octanol–water partition coefficient (Wildman–Crippen LogP) is 2.30. The van der Waals surface area contributed by atoms with Crippen molar-refractivity contribution >= 4 is 23.3 Å². The van der Waals surface area contributed by atoms with Crippen LogP contribution >= 0.6 is 11.3 Å². The standard InChI is InChI=1S/C17H19F6NO6S/c1-3-29-12(25)10-9(8-6-5-7-31-8)11(13(26)30-4-2)15(28,17(21,22)23)24-14(10,27)16(18,19)20/h5-7,9-11,24,27-28H,3-4H2,1-2H3. The highest BCUT2D eigenvalue weighted by Gasteiger charge is 2.78. The number of hydrogen-bond donors (Lipinski definition) is 3. The zero-order valence-corrected chi connectivity index (χ0v) is 16.9. The molecule has 0 aromatic carbocycles. The van der Waals surface area contributed by atoms with Crippen molar-refractivity contribution in [3.63, 3.8) is 0 Å². The summed E-state index contributed by atoms with van der Waals surface area (Å²) in [5.74, 6) is -11.3. The highest BCUT2D eigenvalue weighted by molar-refractivity contribution is 7.10. The van der Waals surface area contributed by atoms with Gasteiger partial charge in [0.25, 0.3) is 0 Å². The molecule has 31 heavy (non-hydrogen) atoms. The van der Waals surface area contributed by atoms with E-state index in [1.165, 1.54) is 25.3 Å². The minimum Gasteiger partial charge on any atom is -0.466 e. The van der Waals surface area contributed by atoms with Gasteiger partial charge in [0, 0.05) is 10.8 Å². The summed E-state index contributed by atoms with van der Waals surface area (Å²) in [6, 6.07) is 2.33. The Morgan fingerprint density at radius 2 is 1.42 bits per heavy atom. The van der Waals surface area contributed by atoms with E-state index in [9.17, 15) is 46.1 Å². The van der Waals surface area contributed by atoms with Gasteiger partial charge in [-0.1, -0.05) is 6.07 Å². The number of alkyl halides is 6. The Morgan fingerprint density at radius 3 is 1.71 bits per heavy atom. The molecule has 0 spiro atoms. The normalized spacial score (nSPS) is 31.9. The molecule has 1 fully saturated rings.